The Morgan fingerprint density at radius 2 is 0.810 bits per heavy atom. The summed E-state index contributed by atoms with van der Waals surface area (Å²) in [5.74, 6) is 0. The van der Waals surface area contributed by atoms with Gasteiger partial charge in [0.25, 0.3) is 0 Å². The molecule has 0 atom stereocenters. The standard InChI is InChI=1S/2C8H17.H2S.2S.2Sn/c2*1-3-5-7-8-6-4-2;;;;;/h2*1,3-8H2,2H3;1H2;;;;/p-1. The van der Waals surface area contributed by atoms with Crippen molar-refractivity contribution in [3.05, 3.63) is 0 Å². The van der Waals surface area contributed by atoms with Gasteiger partial charge < -0.3 is 13.5 Å². The molecule has 0 amide bonds. The molecule has 2 radical (unpaired) electrons. The number of unbranched alkanes of at least 4 members (excludes halogenated alkanes) is 10. The Morgan fingerprint density at radius 3 is 1.10 bits per heavy atom. The van der Waals surface area contributed by atoms with Gasteiger partial charge in [-0.25, -0.2) is 0 Å². The summed E-state index contributed by atoms with van der Waals surface area (Å²) >= 11 is -0.530. The fraction of sp³-hybridized carbons (Fsp3) is 1.00. The van der Waals surface area contributed by atoms with Crippen LogP contribution < -0.4 is 0 Å². The molecule has 5 heteroatoms. The fourth-order valence-electron chi connectivity index (χ4n) is 1.95. The third-order valence-corrected chi connectivity index (χ3v) is 9.19. The molecule has 126 valence electrons. The molecule has 0 aliphatic rings. The first-order valence-electron chi connectivity index (χ1n) is 8.53. The molecule has 0 saturated carbocycles. The van der Waals surface area contributed by atoms with Crippen molar-refractivity contribution in [1.29, 1.82) is 0 Å². The fourth-order valence-corrected chi connectivity index (χ4v) is 6.14. The van der Waals surface area contributed by atoms with E-state index in [9.17, 15) is 0 Å². The molecule has 0 spiro atoms. The first-order valence-corrected chi connectivity index (χ1v) is 20.4. The molecule has 0 N–H and O–H groups in total. The van der Waals surface area contributed by atoms with Gasteiger partial charge in [0, 0.05) is 0 Å². The minimum absolute atomic E-state index is 0. The van der Waals surface area contributed by atoms with Gasteiger partial charge in [0.05, 0.1) is 0 Å². The predicted molar refractivity (Wildman–Crippen MR) is 112 cm³/mol. The zero-order valence-corrected chi connectivity index (χ0v) is 22.4. The summed E-state index contributed by atoms with van der Waals surface area (Å²) in [4.78, 5) is 0. The third-order valence-electron chi connectivity index (χ3n) is 3.26. The van der Waals surface area contributed by atoms with Gasteiger partial charge in [-0.1, -0.05) is 0 Å². The first kappa shape index (κ1) is 28.2. The van der Waals surface area contributed by atoms with E-state index in [2.05, 4.69) is 13.8 Å². The second-order valence-corrected chi connectivity index (χ2v) is 13.7. The van der Waals surface area contributed by atoms with Crippen LogP contribution >= 0.6 is 18.6 Å². The molecule has 0 unspecified atom stereocenters. The van der Waals surface area contributed by atoms with Gasteiger partial charge in [-0.15, -0.1) is 0 Å². The Hall–Kier alpha value is 2.39. The van der Waals surface area contributed by atoms with Gasteiger partial charge in [-0.2, -0.15) is 0 Å². The molecule has 0 aromatic rings. The van der Waals surface area contributed by atoms with Crippen molar-refractivity contribution >= 4 is 70.5 Å². The minimum atomic E-state index is -0.265. The molecule has 0 nitrogen and oxygen atoms in total. The van der Waals surface area contributed by atoms with Crippen molar-refractivity contribution < 1.29 is 0 Å². The van der Waals surface area contributed by atoms with E-state index in [1.165, 1.54) is 85.9 Å². The maximum atomic E-state index is 5.02. The summed E-state index contributed by atoms with van der Waals surface area (Å²) in [6.45, 7) is 4.52. The Morgan fingerprint density at radius 1 is 0.524 bits per heavy atom. The molecule has 0 aromatic carbocycles. The van der Waals surface area contributed by atoms with E-state index in [0.717, 1.165) is 0 Å². The van der Waals surface area contributed by atoms with Crippen LogP contribution in [0.2, 0.25) is 8.87 Å². The average molecular weight is 561 g/mol. The maximum absolute atomic E-state index is 5.02. The summed E-state index contributed by atoms with van der Waals surface area (Å²) in [6.07, 6.45) is 17.1. The van der Waals surface area contributed by atoms with Crippen LogP contribution in [0.25, 0.3) is 0 Å². The van der Waals surface area contributed by atoms with Gasteiger partial charge in [0.2, 0.25) is 0 Å². The SMILES string of the molecule is CCCCCCC[CH2][Sn]=[S].CCCCCCC[CH2][Sn]=[S].[SH-]. The predicted octanol–water partition coefficient (Wildman–Crippen LogP) is 6.89. The van der Waals surface area contributed by atoms with Gasteiger partial charge in [-0.05, 0) is 0 Å². The molecule has 0 saturated heterocycles. The molecular formula is C16H35S3Sn2-. The van der Waals surface area contributed by atoms with Gasteiger partial charge in [0.15, 0.2) is 0 Å². The second kappa shape index (κ2) is 30.3. The molecule has 0 heterocycles. The maximum Gasteiger partial charge on any atom is -0.813 e. The van der Waals surface area contributed by atoms with Crippen molar-refractivity contribution in [1.82, 2.24) is 0 Å². The van der Waals surface area contributed by atoms with Crippen molar-refractivity contribution in [2.24, 2.45) is 0 Å². The van der Waals surface area contributed by atoms with E-state index in [-0.39, 0.29) is 51.9 Å². The van der Waals surface area contributed by atoms with Crippen LogP contribution in [0.5, 0.6) is 0 Å². The normalized spacial score (nSPS) is 9.24. The zero-order valence-electron chi connectivity index (χ0n) is 14.2. The van der Waals surface area contributed by atoms with Crippen LogP contribution in [0.4, 0.5) is 0 Å². The summed E-state index contributed by atoms with van der Waals surface area (Å²) in [5.41, 5.74) is 0. The third kappa shape index (κ3) is 34.7. The molecule has 0 aliphatic carbocycles. The van der Waals surface area contributed by atoms with Crippen LogP contribution in [0.3, 0.4) is 0 Å². The van der Waals surface area contributed by atoms with Gasteiger partial charge in [-0.3, -0.25) is 0 Å². The monoisotopic (exact) mass is 563 g/mol. The Labute approximate surface area is 168 Å². The van der Waals surface area contributed by atoms with Crippen LogP contribution in [-0.2, 0) is 13.5 Å². The first-order chi connectivity index (χ1) is 9.83. The Kier molecular flexibility index (Phi) is 40.7. The molecule has 0 bridgehead atoms. The minimum Gasteiger partial charge on any atom is -0.813 e. The van der Waals surface area contributed by atoms with Crippen LogP contribution in [-0.4, -0.2) is 38.4 Å². The number of thiol groups is 1. The molecule has 0 aliphatic heterocycles. The number of hydrogen-bond acceptors (Lipinski definition) is 3. The van der Waals surface area contributed by atoms with Crippen LogP contribution in [0.1, 0.15) is 90.9 Å². The van der Waals surface area contributed by atoms with E-state index in [1.807, 2.05) is 0 Å². The number of rotatable bonds is 14. The quantitative estimate of drug-likeness (QED) is 0.0982. The molecule has 21 heavy (non-hydrogen) atoms. The molecule has 0 rings (SSSR count). The van der Waals surface area contributed by atoms with E-state index >= 15 is 0 Å². The summed E-state index contributed by atoms with van der Waals surface area (Å²) < 4.78 is 2.84. The van der Waals surface area contributed by atoms with Gasteiger partial charge in [0.1, 0.15) is 0 Å². The summed E-state index contributed by atoms with van der Waals surface area (Å²) in [5, 5.41) is 0. The topological polar surface area (TPSA) is 0 Å². The van der Waals surface area contributed by atoms with Crippen LogP contribution in [0.15, 0.2) is 0 Å². The Bertz CT molecular complexity index is 170. The summed E-state index contributed by atoms with van der Waals surface area (Å²) in [6, 6.07) is 0. The van der Waals surface area contributed by atoms with Crippen molar-refractivity contribution in [2.75, 3.05) is 0 Å². The zero-order chi connectivity index (χ0) is 15.3. The molecular weight excluding hydrogens is 526 g/mol. The van der Waals surface area contributed by atoms with Crippen molar-refractivity contribution in [3.8, 4) is 0 Å². The molecule has 0 fully saturated rings. The largest absolute Gasteiger partial charge is 0.813 e. The van der Waals surface area contributed by atoms with E-state index in [0.29, 0.717) is 0 Å². The van der Waals surface area contributed by atoms with E-state index in [4.69, 9.17) is 18.6 Å². The second-order valence-electron chi connectivity index (χ2n) is 5.32. The van der Waals surface area contributed by atoms with Crippen molar-refractivity contribution in [2.45, 2.75) is 99.8 Å². The number of hydrogen-bond donors (Lipinski definition) is 0. The smallest absolute Gasteiger partial charge is 0.813 e. The van der Waals surface area contributed by atoms with Crippen LogP contribution in [0, 0.1) is 0 Å². The van der Waals surface area contributed by atoms with Gasteiger partial charge >= 0.3 is 157 Å². The summed E-state index contributed by atoms with van der Waals surface area (Å²) in [7, 11) is 10.0. The molecule has 0 aromatic heterocycles. The van der Waals surface area contributed by atoms with Crippen molar-refractivity contribution in [3.63, 3.8) is 0 Å². The van der Waals surface area contributed by atoms with E-state index < -0.39 is 0 Å². The van der Waals surface area contributed by atoms with E-state index in [1.54, 1.807) is 0 Å². The average Bonchev–Trinajstić information content (AvgIpc) is 2.47. The Balaban J connectivity index is -0.000000295.